The number of nitrogens with one attached hydrogen (secondary N) is 2. The predicted octanol–water partition coefficient (Wildman–Crippen LogP) is -0.526. The number of hydrogen-bond acceptors (Lipinski definition) is 5. The molecule has 8 heteroatoms. The molecule has 0 spiro atoms. The molecule has 0 radical (unpaired) electrons. The van der Waals surface area contributed by atoms with Crippen LogP contribution in [-0.4, -0.2) is 47.4 Å². The van der Waals surface area contributed by atoms with Crippen LogP contribution in [0.25, 0.3) is 0 Å². The molecule has 1 atom stereocenters. The van der Waals surface area contributed by atoms with Gasteiger partial charge >= 0.3 is 12.1 Å². The lowest BCUT2D eigenvalue weighted by atomic mass is 10.2. The molecule has 0 bridgehead atoms. The van der Waals surface area contributed by atoms with Crippen LogP contribution in [0.1, 0.15) is 5.56 Å². The fourth-order valence-corrected chi connectivity index (χ4v) is 1.36. The average Bonchev–Trinajstić information content (AvgIpc) is 2.49. The summed E-state index contributed by atoms with van der Waals surface area (Å²) in [6.07, 6.45) is -0.801. The molecule has 1 rings (SSSR count). The summed E-state index contributed by atoms with van der Waals surface area (Å²) in [5.41, 5.74) is 0.795. The first kappa shape index (κ1) is 16.4. The molecule has 114 valence electrons. The lowest BCUT2D eigenvalue weighted by Crippen LogP contribution is -2.47. The SMILES string of the molecule is O=C(CNC(=O)OCc1ccccc1)N[C@H](CO)C(=O)O. The van der Waals surface area contributed by atoms with E-state index in [2.05, 4.69) is 5.32 Å². The third kappa shape index (κ3) is 6.39. The summed E-state index contributed by atoms with van der Waals surface area (Å²) >= 11 is 0. The lowest BCUT2D eigenvalue weighted by molar-refractivity contribution is -0.142. The molecule has 0 aromatic heterocycles. The molecule has 0 fully saturated rings. The average molecular weight is 296 g/mol. The Labute approximate surface area is 120 Å². The fraction of sp³-hybridized carbons (Fsp3) is 0.308. The van der Waals surface area contributed by atoms with Gasteiger partial charge in [0.1, 0.15) is 19.2 Å². The maximum atomic E-state index is 11.3. The van der Waals surface area contributed by atoms with Crippen LogP contribution >= 0.6 is 0 Å². The van der Waals surface area contributed by atoms with Crippen molar-refractivity contribution in [2.45, 2.75) is 12.6 Å². The molecule has 4 N–H and O–H groups in total. The number of rotatable bonds is 7. The van der Waals surface area contributed by atoms with Crippen LogP contribution < -0.4 is 10.6 Å². The van der Waals surface area contributed by atoms with Crippen molar-refractivity contribution >= 4 is 18.0 Å². The van der Waals surface area contributed by atoms with Crippen LogP contribution in [0, 0.1) is 0 Å². The molecule has 21 heavy (non-hydrogen) atoms. The van der Waals surface area contributed by atoms with Crippen molar-refractivity contribution in [3.63, 3.8) is 0 Å². The maximum Gasteiger partial charge on any atom is 0.407 e. The Morgan fingerprint density at radius 1 is 1.19 bits per heavy atom. The molecular weight excluding hydrogens is 280 g/mol. The zero-order valence-corrected chi connectivity index (χ0v) is 11.1. The van der Waals surface area contributed by atoms with Crippen molar-refractivity contribution in [2.24, 2.45) is 0 Å². The van der Waals surface area contributed by atoms with Crippen molar-refractivity contribution in [2.75, 3.05) is 13.2 Å². The summed E-state index contributed by atoms with van der Waals surface area (Å²) in [5.74, 6) is -2.11. The smallest absolute Gasteiger partial charge is 0.407 e. The second kappa shape index (κ2) is 8.54. The summed E-state index contributed by atoms with van der Waals surface area (Å²) < 4.78 is 4.86. The van der Waals surface area contributed by atoms with Gasteiger partial charge in [-0.25, -0.2) is 9.59 Å². The number of hydrogen-bond donors (Lipinski definition) is 4. The highest BCUT2D eigenvalue weighted by Crippen LogP contribution is 2.00. The Kier molecular flexibility index (Phi) is 6.69. The van der Waals surface area contributed by atoms with Gasteiger partial charge < -0.3 is 25.6 Å². The quantitative estimate of drug-likeness (QED) is 0.536. The highest BCUT2D eigenvalue weighted by atomic mass is 16.5. The van der Waals surface area contributed by atoms with Crippen LogP contribution in [0.2, 0.25) is 0 Å². The molecule has 0 unspecified atom stereocenters. The number of ether oxygens (including phenoxy) is 1. The molecule has 0 heterocycles. The number of benzene rings is 1. The Hall–Kier alpha value is -2.61. The molecule has 1 aromatic rings. The number of aliphatic hydroxyl groups is 1. The van der Waals surface area contributed by atoms with E-state index in [-0.39, 0.29) is 6.61 Å². The Bertz CT molecular complexity index is 491. The number of aliphatic carboxylic acids is 1. The largest absolute Gasteiger partial charge is 0.480 e. The van der Waals surface area contributed by atoms with Crippen LogP contribution in [0.3, 0.4) is 0 Å². The van der Waals surface area contributed by atoms with E-state index in [4.69, 9.17) is 14.9 Å². The number of carbonyl (C=O) groups excluding carboxylic acids is 2. The summed E-state index contributed by atoms with van der Waals surface area (Å²) in [6, 6.07) is 7.57. The van der Waals surface area contributed by atoms with Gasteiger partial charge in [-0.3, -0.25) is 4.79 Å². The Morgan fingerprint density at radius 3 is 2.43 bits per heavy atom. The zero-order valence-electron chi connectivity index (χ0n) is 11.1. The van der Waals surface area contributed by atoms with E-state index in [0.717, 1.165) is 5.56 Å². The first-order valence-corrected chi connectivity index (χ1v) is 6.10. The summed E-state index contributed by atoms with van der Waals surface area (Å²) in [4.78, 5) is 33.2. The molecule has 8 nitrogen and oxygen atoms in total. The molecule has 0 aliphatic heterocycles. The van der Waals surface area contributed by atoms with E-state index >= 15 is 0 Å². The van der Waals surface area contributed by atoms with E-state index in [1.165, 1.54) is 0 Å². The van der Waals surface area contributed by atoms with E-state index in [9.17, 15) is 14.4 Å². The van der Waals surface area contributed by atoms with Gasteiger partial charge in [0, 0.05) is 0 Å². The normalized spacial score (nSPS) is 11.3. The first-order valence-electron chi connectivity index (χ1n) is 6.10. The molecule has 0 saturated carbocycles. The van der Waals surface area contributed by atoms with Gasteiger partial charge in [-0.15, -0.1) is 0 Å². The van der Waals surface area contributed by atoms with Gasteiger partial charge in [-0.05, 0) is 5.56 Å². The number of carbonyl (C=O) groups is 3. The monoisotopic (exact) mass is 296 g/mol. The van der Waals surface area contributed by atoms with E-state index in [0.29, 0.717) is 0 Å². The summed E-state index contributed by atoms with van der Waals surface area (Å²) in [7, 11) is 0. The van der Waals surface area contributed by atoms with Crippen LogP contribution in [0.15, 0.2) is 30.3 Å². The molecule has 0 aliphatic rings. The van der Waals surface area contributed by atoms with Gasteiger partial charge in [-0.1, -0.05) is 30.3 Å². The van der Waals surface area contributed by atoms with Gasteiger partial charge in [0.2, 0.25) is 5.91 Å². The first-order chi connectivity index (χ1) is 10.0. The van der Waals surface area contributed by atoms with E-state index < -0.39 is 37.2 Å². The van der Waals surface area contributed by atoms with Crippen molar-refractivity contribution < 1.29 is 29.3 Å². The van der Waals surface area contributed by atoms with Crippen molar-refractivity contribution in [3.8, 4) is 0 Å². The zero-order chi connectivity index (χ0) is 15.7. The minimum atomic E-state index is -1.40. The highest BCUT2D eigenvalue weighted by Gasteiger charge is 2.18. The fourth-order valence-electron chi connectivity index (χ4n) is 1.36. The van der Waals surface area contributed by atoms with Gasteiger partial charge in [-0.2, -0.15) is 0 Å². The molecule has 0 aliphatic carbocycles. The third-order valence-corrected chi connectivity index (χ3v) is 2.42. The van der Waals surface area contributed by atoms with Gasteiger partial charge in [0.15, 0.2) is 0 Å². The molecule has 0 saturated heterocycles. The van der Waals surface area contributed by atoms with Crippen molar-refractivity contribution in [3.05, 3.63) is 35.9 Å². The highest BCUT2D eigenvalue weighted by molar-refractivity contribution is 5.86. The number of alkyl carbamates (subject to hydrolysis) is 1. The second-order valence-corrected chi connectivity index (χ2v) is 4.06. The van der Waals surface area contributed by atoms with Gasteiger partial charge in [0.25, 0.3) is 0 Å². The Morgan fingerprint density at radius 2 is 1.86 bits per heavy atom. The standard InChI is InChI=1S/C13H16N2O6/c16-7-10(12(18)19)15-11(17)6-14-13(20)21-8-9-4-2-1-3-5-9/h1-5,10,16H,6-8H2,(H,14,20)(H,15,17)(H,18,19)/t10-/m1/s1. The Balaban J connectivity index is 2.26. The molecule has 2 amide bonds. The predicted molar refractivity (Wildman–Crippen MR) is 71.3 cm³/mol. The van der Waals surface area contributed by atoms with Crippen LogP contribution in [-0.2, 0) is 20.9 Å². The lowest BCUT2D eigenvalue weighted by Gasteiger charge is -2.12. The van der Waals surface area contributed by atoms with Crippen molar-refractivity contribution in [1.29, 1.82) is 0 Å². The van der Waals surface area contributed by atoms with Crippen molar-refractivity contribution in [1.82, 2.24) is 10.6 Å². The minimum absolute atomic E-state index is 0.0582. The van der Waals surface area contributed by atoms with Crippen LogP contribution in [0.5, 0.6) is 0 Å². The minimum Gasteiger partial charge on any atom is -0.480 e. The van der Waals surface area contributed by atoms with Gasteiger partial charge in [0.05, 0.1) is 6.61 Å². The molecule has 1 aromatic carbocycles. The number of aliphatic hydroxyl groups excluding tert-OH is 1. The topological polar surface area (TPSA) is 125 Å². The van der Waals surface area contributed by atoms with E-state index in [1.54, 1.807) is 24.3 Å². The van der Waals surface area contributed by atoms with E-state index in [1.807, 2.05) is 11.4 Å². The summed E-state index contributed by atoms with van der Waals surface area (Å²) in [6.45, 7) is -1.13. The maximum absolute atomic E-state index is 11.3. The number of amides is 2. The summed E-state index contributed by atoms with van der Waals surface area (Å²) in [5, 5.41) is 21.6. The third-order valence-electron chi connectivity index (χ3n) is 2.42. The van der Waals surface area contributed by atoms with Crippen LogP contribution in [0.4, 0.5) is 4.79 Å². The molecular formula is C13H16N2O6. The number of carboxylic acid groups (broad SMARTS) is 1. The number of carboxylic acids is 1. The second-order valence-electron chi connectivity index (χ2n) is 4.06.